The smallest absolute Gasteiger partial charge is 0.0436 e. The highest BCUT2D eigenvalue weighted by atomic mass is 16.3. The van der Waals surface area contributed by atoms with E-state index in [2.05, 4.69) is 10.6 Å². The molecule has 0 aromatic carbocycles. The molecule has 0 radical (unpaired) electrons. The molecule has 1 atom stereocenters. The summed E-state index contributed by atoms with van der Waals surface area (Å²) in [5.74, 6) is 0. The van der Waals surface area contributed by atoms with Crippen molar-refractivity contribution in [2.75, 3.05) is 26.2 Å². The van der Waals surface area contributed by atoms with Crippen LogP contribution in [0.25, 0.3) is 0 Å². The molecular formula is C12H24N2O. The lowest BCUT2D eigenvalue weighted by molar-refractivity contribution is 0.241. The van der Waals surface area contributed by atoms with E-state index in [1.807, 2.05) is 0 Å². The Kier molecular flexibility index (Phi) is 4.00. The molecule has 1 saturated heterocycles. The van der Waals surface area contributed by atoms with Crippen LogP contribution in [0.2, 0.25) is 0 Å². The van der Waals surface area contributed by atoms with Gasteiger partial charge in [0.2, 0.25) is 0 Å². The van der Waals surface area contributed by atoms with E-state index in [4.69, 9.17) is 5.11 Å². The number of aliphatic hydroxyl groups is 1. The van der Waals surface area contributed by atoms with Gasteiger partial charge >= 0.3 is 0 Å². The average molecular weight is 212 g/mol. The van der Waals surface area contributed by atoms with E-state index in [1.165, 1.54) is 38.6 Å². The Morgan fingerprint density at radius 2 is 2.13 bits per heavy atom. The van der Waals surface area contributed by atoms with Crippen LogP contribution in [0, 0.1) is 5.41 Å². The largest absolute Gasteiger partial charge is 0.396 e. The fraction of sp³-hybridized carbons (Fsp3) is 1.00. The zero-order valence-corrected chi connectivity index (χ0v) is 9.60. The summed E-state index contributed by atoms with van der Waals surface area (Å²) in [4.78, 5) is 0. The highest BCUT2D eigenvalue weighted by molar-refractivity contribution is 4.95. The van der Waals surface area contributed by atoms with Gasteiger partial charge < -0.3 is 15.7 Å². The van der Waals surface area contributed by atoms with Crippen LogP contribution in [-0.4, -0.2) is 37.4 Å². The molecule has 1 aliphatic carbocycles. The number of aliphatic hydroxyl groups excluding tert-OH is 1. The van der Waals surface area contributed by atoms with E-state index < -0.39 is 0 Å². The molecule has 1 aliphatic heterocycles. The van der Waals surface area contributed by atoms with Crippen LogP contribution >= 0.6 is 0 Å². The van der Waals surface area contributed by atoms with E-state index in [1.54, 1.807) is 0 Å². The van der Waals surface area contributed by atoms with Gasteiger partial charge in [-0.25, -0.2) is 0 Å². The van der Waals surface area contributed by atoms with Crippen molar-refractivity contribution in [3.8, 4) is 0 Å². The third-order valence-corrected chi connectivity index (χ3v) is 3.94. The number of hydrogen-bond acceptors (Lipinski definition) is 3. The third-order valence-electron chi connectivity index (χ3n) is 3.94. The molecule has 3 N–H and O–H groups in total. The van der Waals surface area contributed by atoms with E-state index in [0.717, 1.165) is 19.5 Å². The van der Waals surface area contributed by atoms with Crippen LogP contribution in [0.5, 0.6) is 0 Å². The van der Waals surface area contributed by atoms with Gasteiger partial charge in [-0.05, 0) is 57.0 Å². The maximum absolute atomic E-state index is 8.99. The number of hydrogen-bond donors (Lipinski definition) is 3. The number of nitrogens with one attached hydrogen (secondary N) is 2. The SMILES string of the molecule is OCCC1(CNC2CCCNCC2)CC1. The molecule has 0 aromatic heterocycles. The van der Waals surface area contributed by atoms with Crippen molar-refractivity contribution in [2.24, 2.45) is 5.41 Å². The summed E-state index contributed by atoms with van der Waals surface area (Å²) in [5.41, 5.74) is 0.467. The minimum Gasteiger partial charge on any atom is -0.396 e. The highest BCUT2D eigenvalue weighted by Crippen LogP contribution is 2.48. The van der Waals surface area contributed by atoms with Crippen molar-refractivity contribution in [2.45, 2.75) is 44.6 Å². The van der Waals surface area contributed by atoms with Crippen LogP contribution < -0.4 is 10.6 Å². The Balaban J connectivity index is 1.67. The Bertz CT molecular complexity index is 184. The third kappa shape index (κ3) is 3.44. The first-order chi connectivity index (χ1) is 7.35. The maximum atomic E-state index is 8.99. The summed E-state index contributed by atoms with van der Waals surface area (Å²) in [7, 11) is 0. The standard InChI is InChI=1S/C12H24N2O/c15-9-6-12(4-5-12)10-14-11-2-1-7-13-8-3-11/h11,13-15H,1-10H2. The molecule has 2 aliphatic rings. The topological polar surface area (TPSA) is 44.3 Å². The number of rotatable bonds is 5. The van der Waals surface area contributed by atoms with Gasteiger partial charge in [-0.1, -0.05) is 0 Å². The van der Waals surface area contributed by atoms with Crippen molar-refractivity contribution in [1.82, 2.24) is 10.6 Å². The first-order valence-electron chi connectivity index (χ1n) is 6.40. The fourth-order valence-corrected chi connectivity index (χ4v) is 2.51. The molecule has 1 heterocycles. The average Bonchev–Trinajstić information content (AvgIpc) is 3.00. The van der Waals surface area contributed by atoms with Crippen molar-refractivity contribution in [3.05, 3.63) is 0 Å². The Labute approximate surface area is 92.6 Å². The van der Waals surface area contributed by atoms with E-state index in [0.29, 0.717) is 18.1 Å². The summed E-state index contributed by atoms with van der Waals surface area (Å²) >= 11 is 0. The van der Waals surface area contributed by atoms with E-state index in [-0.39, 0.29) is 0 Å². The van der Waals surface area contributed by atoms with Gasteiger partial charge in [-0.3, -0.25) is 0 Å². The van der Waals surface area contributed by atoms with E-state index in [9.17, 15) is 0 Å². The molecule has 3 nitrogen and oxygen atoms in total. The molecule has 0 aromatic rings. The second kappa shape index (κ2) is 5.28. The lowest BCUT2D eigenvalue weighted by atomic mass is 10.0. The molecule has 3 heteroatoms. The lowest BCUT2D eigenvalue weighted by Gasteiger charge is -2.20. The zero-order chi connectivity index (χ0) is 10.6. The quantitative estimate of drug-likeness (QED) is 0.634. The van der Waals surface area contributed by atoms with Crippen molar-refractivity contribution in [3.63, 3.8) is 0 Å². The molecule has 1 saturated carbocycles. The zero-order valence-electron chi connectivity index (χ0n) is 9.60. The Morgan fingerprint density at radius 3 is 2.87 bits per heavy atom. The predicted octanol–water partition coefficient (Wildman–Crippen LogP) is 0.881. The molecule has 2 rings (SSSR count). The first kappa shape index (κ1) is 11.4. The lowest BCUT2D eigenvalue weighted by Crippen LogP contribution is -2.35. The molecule has 0 bridgehead atoms. The Morgan fingerprint density at radius 1 is 1.27 bits per heavy atom. The minimum absolute atomic E-state index is 0.355. The van der Waals surface area contributed by atoms with Gasteiger partial charge in [-0.15, -0.1) is 0 Å². The summed E-state index contributed by atoms with van der Waals surface area (Å²) in [6.07, 6.45) is 7.48. The van der Waals surface area contributed by atoms with Crippen LogP contribution in [0.1, 0.15) is 38.5 Å². The fourth-order valence-electron chi connectivity index (χ4n) is 2.51. The van der Waals surface area contributed by atoms with E-state index >= 15 is 0 Å². The van der Waals surface area contributed by atoms with Gasteiger partial charge in [0, 0.05) is 19.2 Å². The van der Waals surface area contributed by atoms with Crippen molar-refractivity contribution in [1.29, 1.82) is 0 Å². The molecule has 88 valence electrons. The molecular weight excluding hydrogens is 188 g/mol. The van der Waals surface area contributed by atoms with Crippen molar-refractivity contribution >= 4 is 0 Å². The molecule has 0 amide bonds. The van der Waals surface area contributed by atoms with Gasteiger partial charge in [0.15, 0.2) is 0 Å². The summed E-state index contributed by atoms with van der Waals surface area (Å²) in [6, 6.07) is 0.705. The Hall–Kier alpha value is -0.120. The van der Waals surface area contributed by atoms with Crippen LogP contribution in [0.4, 0.5) is 0 Å². The predicted molar refractivity (Wildman–Crippen MR) is 61.9 cm³/mol. The van der Waals surface area contributed by atoms with Crippen LogP contribution in [0.15, 0.2) is 0 Å². The van der Waals surface area contributed by atoms with Gasteiger partial charge in [0.25, 0.3) is 0 Å². The molecule has 1 unspecified atom stereocenters. The van der Waals surface area contributed by atoms with Crippen LogP contribution in [0.3, 0.4) is 0 Å². The summed E-state index contributed by atoms with van der Waals surface area (Å²) in [5, 5.41) is 16.1. The molecule has 0 spiro atoms. The van der Waals surface area contributed by atoms with Crippen molar-refractivity contribution < 1.29 is 5.11 Å². The summed E-state index contributed by atoms with van der Waals surface area (Å²) < 4.78 is 0. The van der Waals surface area contributed by atoms with Crippen LogP contribution in [-0.2, 0) is 0 Å². The monoisotopic (exact) mass is 212 g/mol. The normalized spacial score (nSPS) is 29.8. The highest BCUT2D eigenvalue weighted by Gasteiger charge is 2.41. The van der Waals surface area contributed by atoms with Gasteiger partial charge in [0.05, 0.1) is 0 Å². The second-order valence-corrected chi connectivity index (χ2v) is 5.23. The molecule has 2 fully saturated rings. The second-order valence-electron chi connectivity index (χ2n) is 5.23. The summed E-state index contributed by atoms with van der Waals surface area (Å²) in [6.45, 7) is 3.82. The van der Waals surface area contributed by atoms with Gasteiger partial charge in [-0.2, -0.15) is 0 Å². The maximum Gasteiger partial charge on any atom is 0.0436 e. The minimum atomic E-state index is 0.355. The first-order valence-corrected chi connectivity index (χ1v) is 6.40. The van der Waals surface area contributed by atoms with Gasteiger partial charge in [0.1, 0.15) is 0 Å². The molecule has 15 heavy (non-hydrogen) atoms.